The molecule has 37 heavy (non-hydrogen) atoms. The first kappa shape index (κ1) is 27.0. The average molecular weight is 503 g/mol. The van der Waals surface area contributed by atoms with Crippen molar-refractivity contribution in [1.29, 1.82) is 0 Å². The highest BCUT2D eigenvalue weighted by Gasteiger charge is 2.21. The van der Waals surface area contributed by atoms with Gasteiger partial charge in [-0.15, -0.1) is 0 Å². The molecule has 0 aliphatic carbocycles. The number of carbonyl (C=O) groups excluding carboxylic acids is 3. The van der Waals surface area contributed by atoms with Crippen LogP contribution in [0, 0.1) is 0 Å². The topological polar surface area (TPSA) is 120 Å². The van der Waals surface area contributed by atoms with Gasteiger partial charge in [0.2, 0.25) is 11.8 Å². The number of ether oxygens (including phenoxy) is 1. The molecule has 3 rings (SSSR count). The number of amides is 3. The summed E-state index contributed by atoms with van der Waals surface area (Å²) >= 11 is 0. The van der Waals surface area contributed by atoms with Crippen molar-refractivity contribution in [1.82, 2.24) is 10.8 Å². The molecule has 1 unspecified atom stereocenters. The zero-order valence-corrected chi connectivity index (χ0v) is 20.9. The second kappa shape index (κ2) is 12.9. The number of nitrogens with one attached hydrogen (secondary N) is 3. The van der Waals surface area contributed by atoms with Crippen molar-refractivity contribution < 1.29 is 24.3 Å². The lowest BCUT2D eigenvalue weighted by Gasteiger charge is -2.18. The molecule has 1 atom stereocenters. The Morgan fingerprint density at radius 1 is 0.946 bits per heavy atom. The van der Waals surface area contributed by atoms with Gasteiger partial charge in [0.15, 0.2) is 0 Å². The highest BCUT2D eigenvalue weighted by Crippen LogP contribution is 2.16. The number of methoxy groups -OCH3 is 1. The number of hydrogen-bond donors (Lipinski definition) is 4. The molecule has 9 heteroatoms. The second-order valence-electron chi connectivity index (χ2n) is 8.44. The van der Waals surface area contributed by atoms with E-state index in [1.807, 2.05) is 55.4 Å². The first-order chi connectivity index (χ1) is 17.8. The molecule has 192 valence electrons. The summed E-state index contributed by atoms with van der Waals surface area (Å²) in [6.45, 7) is 0. The maximum absolute atomic E-state index is 13.1. The van der Waals surface area contributed by atoms with E-state index in [0.717, 1.165) is 16.8 Å². The van der Waals surface area contributed by atoms with Crippen LogP contribution in [0.1, 0.15) is 21.5 Å². The minimum atomic E-state index is -0.873. The van der Waals surface area contributed by atoms with E-state index in [2.05, 4.69) is 10.6 Å². The van der Waals surface area contributed by atoms with Crippen LogP contribution in [0.15, 0.2) is 78.9 Å². The van der Waals surface area contributed by atoms with Gasteiger partial charge >= 0.3 is 0 Å². The number of carbonyl (C=O) groups is 3. The summed E-state index contributed by atoms with van der Waals surface area (Å²) in [5.41, 5.74) is 4.95. The minimum Gasteiger partial charge on any atom is -0.497 e. The highest BCUT2D eigenvalue weighted by molar-refractivity contribution is 6.00. The Hall–Kier alpha value is -4.63. The fourth-order valence-corrected chi connectivity index (χ4v) is 3.48. The molecule has 0 spiro atoms. The lowest BCUT2D eigenvalue weighted by Crippen LogP contribution is -2.44. The summed E-state index contributed by atoms with van der Waals surface area (Å²) in [5, 5.41) is 14.3. The van der Waals surface area contributed by atoms with Crippen LogP contribution in [0.3, 0.4) is 0 Å². The molecule has 3 amide bonds. The van der Waals surface area contributed by atoms with Crippen molar-refractivity contribution in [3.8, 4) is 5.75 Å². The highest BCUT2D eigenvalue weighted by atomic mass is 16.5. The first-order valence-electron chi connectivity index (χ1n) is 11.5. The third kappa shape index (κ3) is 7.94. The van der Waals surface area contributed by atoms with Crippen molar-refractivity contribution in [2.24, 2.45) is 0 Å². The van der Waals surface area contributed by atoms with E-state index in [1.165, 1.54) is 30.3 Å². The van der Waals surface area contributed by atoms with Gasteiger partial charge in [-0.25, -0.2) is 5.48 Å². The Kier molecular flexibility index (Phi) is 9.40. The van der Waals surface area contributed by atoms with Gasteiger partial charge in [-0.05, 0) is 65.7 Å². The van der Waals surface area contributed by atoms with E-state index in [9.17, 15) is 14.4 Å². The van der Waals surface area contributed by atoms with Crippen molar-refractivity contribution in [3.63, 3.8) is 0 Å². The Labute approximate surface area is 215 Å². The van der Waals surface area contributed by atoms with Gasteiger partial charge in [0.1, 0.15) is 11.8 Å². The van der Waals surface area contributed by atoms with Gasteiger partial charge in [0, 0.05) is 43.5 Å². The van der Waals surface area contributed by atoms with E-state index in [0.29, 0.717) is 11.4 Å². The Balaban J connectivity index is 1.73. The molecular formula is C28H30N4O5. The summed E-state index contributed by atoms with van der Waals surface area (Å²) in [6.07, 6.45) is 3.32. The Bertz CT molecular complexity index is 1240. The quantitative estimate of drug-likeness (QED) is 0.192. The molecule has 0 heterocycles. The monoisotopic (exact) mass is 502 g/mol. The van der Waals surface area contributed by atoms with Gasteiger partial charge < -0.3 is 20.3 Å². The summed E-state index contributed by atoms with van der Waals surface area (Å²) in [5.74, 6) is -0.817. The van der Waals surface area contributed by atoms with Crippen LogP contribution in [0.5, 0.6) is 5.75 Å². The van der Waals surface area contributed by atoms with Crippen molar-refractivity contribution in [2.45, 2.75) is 12.5 Å². The summed E-state index contributed by atoms with van der Waals surface area (Å²) in [4.78, 5) is 39.4. The molecule has 0 bridgehead atoms. The predicted octanol–water partition coefficient (Wildman–Crippen LogP) is 3.26. The number of rotatable bonds is 10. The summed E-state index contributed by atoms with van der Waals surface area (Å²) in [7, 11) is 5.47. The van der Waals surface area contributed by atoms with Crippen LogP contribution in [-0.4, -0.2) is 50.2 Å². The molecule has 0 aromatic heterocycles. The normalized spacial score (nSPS) is 11.5. The largest absolute Gasteiger partial charge is 0.497 e. The summed E-state index contributed by atoms with van der Waals surface area (Å²) in [6, 6.07) is 20.1. The maximum atomic E-state index is 13.1. The molecule has 0 radical (unpaired) electrons. The smallest absolute Gasteiger partial charge is 0.274 e. The average Bonchev–Trinajstić information content (AvgIpc) is 2.92. The predicted molar refractivity (Wildman–Crippen MR) is 143 cm³/mol. The molecule has 0 aliphatic rings. The third-order valence-corrected chi connectivity index (χ3v) is 5.58. The molecule has 0 fully saturated rings. The fraction of sp³-hybridized carbons (Fsp3) is 0.179. The Morgan fingerprint density at radius 3 is 2.16 bits per heavy atom. The fourth-order valence-electron chi connectivity index (χ4n) is 3.48. The zero-order chi connectivity index (χ0) is 26.8. The van der Waals surface area contributed by atoms with E-state index in [1.54, 1.807) is 30.8 Å². The molecule has 4 N–H and O–H groups in total. The summed E-state index contributed by atoms with van der Waals surface area (Å²) < 4.78 is 5.19. The van der Waals surface area contributed by atoms with Crippen LogP contribution in [0.2, 0.25) is 0 Å². The van der Waals surface area contributed by atoms with Gasteiger partial charge in [-0.1, -0.05) is 24.3 Å². The maximum Gasteiger partial charge on any atom is 0.274 e. The van der Waals surface area contributed by atoms with Gasteiger partial charge in [0.25, 0.3) is 5.91 Å². The van der Waals surface area contributed by atoms with Gasteiger partial charge in [0.05, 0.1) is 7.11 Å². The van der Waals surface area contributed by atoms with E-state index in [4.69, 9.17) is 9.94 Å². The van der Waals surface area contributed by atoms with Crippen LogP contribution >= 0.6 is 0 Å². The Morgan fingerprint density at radius 2 is 1.59 bits per heavy atom. The number of anilines is 2. The van der Waals surface area contributed by atoms with Crippen LogP contribution < -0.4 is 25.8 Å². The standard InChI is InChI=1S/C28H30N4O5/c1-32(2)23-13-4-19(5-14-23)8-17-26(33)30-25(18-20-6-15-24(37-3)16-7-20)28(35)29-22-11-9-21(10-12-22)27(34)31-36/h4-17,25,36H,18H2,1-3H3,(H,29,35)(H,30,33)(H,31,34)/b17-8+. The molecule has 0 saturated carbocycles. The lowest BCUT2D eigenvalue weighted by molar-refractivity contribution is -0.123. The number of hydroxylamine groups is 1. The van der Waals surface area contributed by atoms with E-state index < -0.39 is 23.8 Å². The van der Waals surface area contributed by atoms with Crippen LogP contribution in [0.25, 0.3) is 6.08 Å². The van der Waals surface area contributed by atoms with Gasteiger partial charge in [-0.2, -0.15) is 0 Å². The van der Waals surface area contributed by atoms with Crippen LogP contribution in [0.4, 0.5) is 11.4 Å². The first-order valence-corrected chi connectivity index (χ1v) is 11.5. The third-order valence-electron chi connectivity index (χ3n) is 5.58. The zero-order valence-electron chi connectivity index (χ0n) is 20.9. The molecule has 0 saturated heterocycles. The van der Waals surface area contributed by atoms with E-state index >= 15 is 0 Å². The second-order valence-corrected chi connectivity index (χ2v) is 8.44. The molecule has 9 nitrogen and oxygen atoms in total. The molecule has 3 aromatic carbocycles. The number of hydrogen-bond acceptors (Lipinski definition) is 6. The number of nitrogens with zero attached hydrogens (tertiary/aromatic N) is 1. The van der Waals surface area contributed by atoms with E-state index in [-0.39, 0.29) is 12.0 Å². The number of benzene rings is 3. The molecule has 0 aliphatic heterocycles. The van der Waals surface area contributed by atoms with Gasteiger partial charge in [-0.3, -0.25) is 19.6 Å². The molecule has 3 aromatic rings. The molecular weight excluding hydrogens is 472 g/mol. The SMILES string of the molecule is COc1ccc(CC(NC(=O)/C=C/c2ccc(N(C)C)cc2)C(=O)Nc2ccc(C(=O)NO)cc2)cc1. The lowest BCUT2D eigenvalue weighted by atomic mass is 10.0. The van der Waals surface area contributed by atoms with Crippen molar-refractivity contribution >= 4 is 35.2 Å². The minimum absolute atomic E-state index is 0.229. The van der Waals surface area contributed by atoms with Crippen molar-refractivity contribution in [2.75, 3.05) is 31.4 Å². The van der Waals surface area contributed by atoms with Crippen molar-refractivity contribution in [3.05, 3.63) is 95.6 Å². The van der Waals surface area contributed by atoms with Crippen LogP contribution in [-0.2, 0) is 16.0 Å².